The van der Waals surface area contributed by atoms with Crippen LogP contribution in [0.4, 0.5) is 0 Å². The molecule has 0 heteroatoms. The van der Waals surface area contributed by atoms with Crippen molar-refractivity contribution in [3.8, 4) is 0 Å². The molecule has 2 unspecified atom stereocenters. The molecule has 5 aliphatic rings. The molecule has 2 atom stereocenters. The molecule has 0 bridgehead atoms. The van der Waals surface area contributed by atoms with Crippen LogP contribution in [0.2, 0.25) is 0 Å². The summed E-state index contributed by atoms with van der Waals surface area (Å²) >= 11 is 0. The summed E-state index contributed by atoms with van der Waals surface area (Å²) in [5, 5.41) is 0. The van der Waals surface area contributed by atoms with Gasteiger partial charge in [-0.15, -0.1) is 0 Å². The van der Waals surface area contributed by atoms with Crippen LogP contribution in [0, 0.1) is 11.8 Å². The minimum absolute atomic E-state index is 0.511. The summed E-state index contributed by atoms with van der Waals surface area (Å²) in [7, 11) is 0. The predicted molar refractivity (Wildman–Crippen MR) is 73.8 cm³/mol. The lowest BCUT2D eigenvalue weighted by Crippen LogP contribution is -2.25. The first-order valence-electron chi connectivity index (χ1n) is 6.54. The summed E-state index contributed by atoms with van der Waals surface area (Å²) in [5.41, 5.74) is 8.88. The molecule has 0 aromatic heterocycles. The van der Waals surface area contributed by atoms with Crippen LogP contribution < -0.4 is 0 Å². The zero-order valence-electron chi connectivity index (χ0n) is 9.93. The lowest BCUT2D eigenvalue weighted by molar-refractivity contribution is 0.708. The van der Waals surface area contributed by atoms with E-state index in [0.717, 1.165) is 0 Å². The van der Waals surface area contributed by atoms with Crippen molar-refractivity contribution in [2.45, 2.75) is 0 Å². The van der Waals surface area contributed by atoms with E-state index in [1.165, 1.54) is 27.9 Å². The van der Waals surface area contributed by atoms with Gasteiger partial charge in [0.15, 0.2) is 0 Å². The molecule has 0 aliphatic heterocycles. The van der Waals surface area contributed by atoms with Gasteiger partial charge in [0.1, 0.15) is 0 Å². The first-order valence-corrected chi connectivity index (χ1v) is 6.54. The van der Waals surface area contributed by atoms with E-state index in [1.54, 1.807) is 5.57 Å². The number of allylic oxidation sites excluding steroid dienone is 16. The molecule has 0 radical (unpaired) electrons. The molecule has 0 aromatic carbocycles. The summed E-state index contributed by atoms with van der Waals surface area (Å²) in [4.78, 5) is 0. The molecular formula is C18H12. The summed E-state index contributed by atoms with van der Waals surface area (Å²) in [6.07, 6.45) is 22.8. The van der Waals surface area contributed by atoms with Crippen molar-refractivity contribution >= 4 is 0 Å². The molecule has 0 aromatic rings. The van der Waals surface area contributed by atoms with Crippen molar-refractivity contribution in [1.82, 2.24) is 0 Å². The molecule has 0 saturated heterocycles. The highest BCUT2D eigenvalue weighted by Crippen LogP contribution is 2.54. The van der Waals surface area contributed by atoms with E-state index < -0.39 is 0 Å². The Hall–Kier alpha value is -2.08. The molecule has 0 nitrogen and oxygen atoms in total. The molecule has 0 fully saturated rings. The van der Waals surface area contributed by atoms with Crippen LogP contribution in [0.15, 0.2) is 94.2 Å². The molecule has 5 aliphatic carbocycles. The number of rotatable bonds is 0. The van der Waals surface area contributed by atoms with E-state index >= 15 is 0 Å². The maximum absolute atomic E-state index is 2.39. The van der Waals surface area contributed by atoms with Crippen LogP contribution in [-0.4, -0.2) is 0 Å². The standard InChI is InChI=1S/C18H12/c1-3-11-7-8-15-10-14-6-2-5-13-9-12(4-1)16(11)18(15)17(13)14/h1-10,16-17H. The minimum atomic E-state index is 0.511. The first kappa shape index (κ1) is 8.93. The summed E-state index contributed by atoms with van der Waals surface area (Å²) in [5.74, 6) is 1.04. The summed E-state index contributed by atoms with van der Waals surface area (Å²) in [6.45, 7) is 0. The Kier molecular flexibility index (Phi) is 1.41. The first-order chi connectivity index (χ1) is 8.92. The Morgan fingerprint density at radius 2 is 1.33 bits per heavy atom. The van der Waals surface area contributed by atoms with Crippen molar-refractivity contribution in [2.24, 2.45) is 11.8 Å². The van der Waals surface area contributed by atoms with Crippen molar-refractivity contribution in [3.05, 3.63) is 94.2 Å². The average molecular weight is 228 g/mol. The van der Waals surface area contributed by atoms with Crippen molar-refractivity contribution < 1.29 is 0 Å². The molecule has 0 saturated carbocycles. The maximum atomic E-state index is 2.39. The molecule has 18 heavy (non-hydrogen) atoms. The highest BCUT2D eigenvalue weighted by molar-refractivity contribution is 5.70. The molecule has 84 valence electrons. The Labute approximate surface area is 106 Å². The van der Waals surface area contributed by atoms with Crippen LogP contribution in [0.25, 0.3) is 0 Å². The van der Waals surface area contributed by atoms with Gasteiger partial charge in [-0.3, -0.25) is 0 Å². The molecule has 0 heterocycles. The lowest BCUT2D eigenvalue weighted by Gasteiger charge is -2.37. The zero-order valence-corrected chi connectivity index (χ0v) is 9.93. The highest BCUT2D eigenvalue weighted by atomic mass is 14.4. The number of hydrogen-bond donors (Lipinski definition) is 0. The van der Waals surface area contributed by atoms with E-state index in [1.807, 2.05) is 0 Å². The predicted octanol–water partition coefficient (Wildman–Crippen LogP) is 3.96. The van der Waals surface area contributed by atoms with Gasteiger partial charge in [-0.2, -0.15) is 0 Å². The van der Waals surface area contributed by atoms with Crippen LogP contribution >= 0.6 is 0 Å². The van der Waals surface area contributed by atoms with Crippen LogP contribution in [0.3, 0.4) is 0 Å². The third-order valence-corrected chi connectivity index (χ3v) is 4.55. The van der Waals surface area contributed by atoms with Gasteiger partial charge in [0.25, 0.3) is 0 Å². The Balaban J connectivity index is 1.89. The van der Waals surface area contributed by atoms with E-state index in [4.69, 9.17) is 0 Å². The summed E-state index contributed by atoms with van der Waals surface area (Å²) in [6, 6.07) is 0. The Morgan fingerprint density at radius 3 is 2.22 bits per heavy atom. The van der Waals surface area contributed by atoms with Crippen LogP contribution in [0.5, 0.6) is 0 Å². The fourth-order valence-corrected chi connectivity index (χ4v) is 3.86. The monoisotopic (exact) mass is 228 g/mol. The van der Waals surface area contributed by atoms with Crippen LogP contribution in [0.1, 0.15) is 0 Å². The van der Waals surface area contributed by atoms with E-state index in [-0.39, 0.29) is 0 Å². The van der Waals surface area contributed by atoms with Gasteiger partial charge >= 0.3 is 0 Å². The maximum Gasteiger partial charge on any atom is 0.0317 e. The molecule has 0 spiro atoms. The normalized spacial score (nSPS) is 32.9. The molecule has 0 N–H and O–H groups in total. The van der Waals surface area contributed by atoms with E-state index in [9.17, 15) is 0 Å². The SMILES string of the molecule is C1=CC2=CC3=CC=CC4=CC5=C(C2C(=C1)C=C5)C34. The fraction of sp³-hybridized carbons (Fsp3) is 0.111. The van der Waals surface area contributed by atoms with E-state index in [0.29, 0.717) is 11.8 Å². The topological polar surface area (TPSA) is 0 Å². The van der Waals surface area contributed by atoms with Gasteiger partial charge in [0.05, 0.1) is 0 Å². The Morgan fingerprint density at radius 1 is 0.611 bits per heavy atom. The lowest BCUT2D eigenvalue weighted by atomic mass is 9.66. The molecule has 5 rings (SSSR count). The average Bonchev–Trinajstić information content (AvgIpc) is 2.79. The molecular weight excluding hydrogens is 216 g/mol. The molecule has 0 amide bonds. The quantitative estimate of drug-likeness (QED) is 0.588. The van der Waals surface area contributed by atoms with Crippen molar-refractivity contribution in [2.75, 3.05) is 0 Å². The second-order valence-electron chi connectivity index (χ2n) is 5.45. The summed E-state index contributed by atoms with van der Waals surface area (Å²) < 4.78 is 0. The van der Waals surface area contributed by atoms with Gasteiger partial charge in [0.2, 0.25) is 0 Å². The third-order valence-electron chi connectivity index (χ3n) is 4.55. The van der Waals surface area contributed by atoms with Crippen molar-refractivity contribution in [1.29, 1.82) is 0 Å². The zero-order chi connectivity index (χ0) is 11.7. The highest BCUT2D eigenvalue weighted by Gasteiger charge is 2.41. The van der Waals surface area contributed by atoms with Gasteiger partial charge in [-0.25, -0.2) is 0 Å². The minimum Gasteiger partial charge on any atom is -0.0617 e. The van der Waals surface area contributed by atoms with Crippen LogP contribution in [-0.2, 0) is 0 Å². The van der Waals surface area contributed by atoms with Gasteiger partial charge in [-0.1, -0.05) is 60.8 Å². The number of hydrogen-bond acceptors (Lipinski definition) is 0. The third kappa shape index (κ3) is 0.896. The fourth-order valence-electron chi connectivity index (χ4n) is 3.86. The van der Waals surface area contributed by atoms with Gasteiger partial charge in [0, 0.05) is 11.8 Å². The second kappa shape index (κ2) is 2.84. The van der Waals surface area contributed by atoms with E-state index in [2.05, 4.69) is 60.8 Å². The van der Waals surface area contributed by atoms with Gasteiger partial charge in [-0.05, 0) is 33.4 Å². The Bertz CT molecular complexity index is 724. The second-order valence-corrected chi connectivity index (χ2v) is 5.45. The van der Waals surface area contributed by atoms with Gasteiger partial charge < -0.3 is 0 Å². The smallest absolute Gasteiger partial charge is 0.0317 e. The van der Waals surface area contributed by atoms with Crippen molar-refractivity contribution in [3.63, 3.8) is 0 Å². The largest absolute Gasteiger partial charge is 0.0617 e.